The summed E-state index contributed by atoms with van der Waals surface area (Å²) in [5.74, 6) is -0.126. The fourth-order valence-electron chi connectivity index (χ4n) is 4.12. The normalized spacial score (nSPS) is 14.5. The molecule has 35 heavy (non-hydrogen) atoms. The lowest BCUT2D eigenvalue weighted by molar-refractivity contribution is -0.137. The first-order valence-electron chi connectivity index (χ1n) is 11.4. The first kappa shape index (κ1) is 24.5. The number of anilines is 3. The van der Waals surface area contributed by atoms with Crippen molar-refractivity contribution in [2.75, 3.05) is 35.6 Å². The Morgan fingerprint density at radius 2 is 1.66 bits per heavy atom. The van der Waals surface area contributed by atoms with Gasteiger partial charge in [-0.2, -0.15) is 13.2 Å². The summed E-state index contributed by atoms with van der Waals surface area (Å²) in [6.45, 7) is 3.94. The molecular weight excluding hydrogens is 459 g/mol. The summed E-state index contributed by atoms with van der Waals surface area (Å²) in [6, 6.07) is 10.5. The van der Waals surface area contributed by atoms with Crippen molar-refractivity contribution in [1.29, 1.82) is 0 Å². The summed E-state index contributed by atoms with van der Waals surface area (Å²) in [6.07, 6.45) is -1.15. The third kappa shape index (κ3) is 6.48. The number of fused-ring (bicyclic) bond motifs is 1. The Labute approximate surface area is 200 Å². The number of benzene rings is 2. The van der Waals surface area contributed by atoms with Gasteiger partial charge in [0.15, 0.2) is 0 Å². The van der Waals surface area contributed by atoms with Crippen molar-refractivity contribution in [1.82, 2.24) is 9.88 Å². The number of nitrogens with zero attached hydrogens (tertiary/aromatic N) is 2. The molecule has 0 bridgehead atoms. The van der Waals surface area contributed by atoms with Crippen molar-refractivity contribution in [3.05, 3.63) is 59.8 Å². The van der Waals surface area contributed by atoms with Crippen molar-refractivity contribution < 1.29 is 22.8 Å². The van der Waals surface area contributed by atoms with Crippen LogP contribution in [0.4, 0.5) is 35.0 Å². The molecule has 184 valence electrons. The van der Waals surface area contributed by atoms with E-state index in [9.17, 15) is 22.8 Å². The SMILES string of the molecule is Cc1cc(NC(=O)CN2CCCCC2)c2cc(NC(=O)Nc3cccc(C(F)(F)F)c3)ccc2n1. The summed E-state index contributed by atoms with van der Waals surface area (Å²) < 4.78 is 38.8. The predicted molar refractivity (Wildman–Crippen MR) is 129 cm³/mol. The van der Waals surface area contributed by atoms with Gasteiger partial charge in [-0.3, -0.25) is 14.7 Å². The van der Waals surface area contributed by atoms with Crippen molar-refractivity contribution in [2.45, 2.75) is 32.4 Å². The van der Waals surface area contributed by atoms with Gasteiger partial charge >= 0.3 is 12.2 Å². The number of pyridine rings is 1. The van der Waals surface area contributed by atoms with Gasteiger partial charge in [0.1, 0.15) is 0 Å². The number of carbonyl (C=O) groups excluding carboxylic acids is 2. The van der Waals surface area contributed by atoms with Crippen LogP contribution in [-0.2, 0) is 11.0 Å². The van der Waals surface area contributed by atoms with Crippen molar-refractivity contribution in [3.63, 3.8) is 0 Å². The molecule has 1 aliphatic heterocycles. The molecule has 3 aromatic rings. The third-order valence-electron chi connectivity index (χ3n) is 5.73. The van der Waals surface area contributed by atoms with E-state index in [2.05, 4.69) is 25.8 Å². The molecule has 0 unspecified atom stereocenters. The largest absolute Gasteiger partial charge is 0.416 e. The van der Waals surface area contributed by atoms with Gasteiger partial charge in [-0.05, 0) is 75.3 Å². The molecule has 0 atom stereocenters. The van der Waals surface area contributed by atoms with Crippen LogP contribution in [0.2, 0.25) is 0 Å². The van der Waals surface area contributed by atoms with E-state index in [0.29, 0.717) is 28.8 Å². The Kier molecular flexibility index (Phi) is 7.20. The fraction of sp³-hybridized carbons (Fsp3) is 0.320. The highest BCUT2D eigenvalue weighted by Crippen LogP contribution is 2.31. The van der Waals surface area contributed by atoms with Gasteiger partial charge in [0.05, 0.1) is 23.3 Å². The summed E-state index contributed by atoms with van der Waals surface area (Å²) in [7, 11) is 0. The summed E-state index contributed by atoms with van der Waals surface area (Å²) in [4.78, 5) is 31.7. The van der Waals surface area contributed by atoms with E-state index in [1.165, 1.54) is 18.6 Å². The number of likely N-dealkylation sites (tertiary alicyclic amines) is 1. The maximum absolute atomic E-state index is 12.9. The molecule has 1 saturated heterocycles. The minimum absolute atomic E-state index is 0.0149. The molecule has 2 heterocycles. The molecule has 0 radical (unpaired) electrons. The fourth-order valence-corrected chi connectivity index (χ4v) is 4.12. The third-order valence-corrected chi connectivity index (χ3v) is 5.73. The van der Waals surface area contributed by atoms with Crippen LogP contribution in [-0.4, -0.2) is 41.5 Å². The van der Waals surface area contributed by atoms with Crippen LogP contribution in [0.25, 0.3) is 10.9 Å². The predicted octanol–water partition coefficient (Wildman–Crippen LogP) is 5.63. The average molecular weight is 486 g/mol. The zero-order chi connectivity index (χ0) is 25.0. The number of piperidine rings is 1. The molecule has 0 saturated carbocycles. The topological polar surface area (TPSA) is 86.4 Å². The zero-order valence-corrected chi connectivity index (χ0v) is 19.2. The summed E-state index contributed by atoms with van der Waals surface area (Å²) in [5, 5.41) is 8.63. The lowest BCUT2D eigenvalue weighted by Gasteiger charge is -2.25. The van der Waals surface area contributed by atoms with Gasteiger partial charge in [0, 0.05) is 22.5 Å². The number of amides is 3. The van der Waals surface area contributed by atoms with Crippen molar-refractivity contribution in [2.24, 2.45) is 0 Å². The minimum atomic E-state index is -4.51. The number of nitrogens with one attached hydrogen (secondary N) is 3. The maximum Gasteiger partial charge on any atom is 0.416 e. The van der Waals surface area contributed by atoms with Crippen LogP contribution in [0.5, 0.6) is 0 Å². The smallest absolute Gasteiger partial charge is 0.324 e. The highest BCUT2D eigenvalue weighted by molar-refractivity contribution is 6.05. The highest BCUT2D eigenvalue weighted by atomic mass is 19.4. The van der Waals surface area contributed by atoms with E-state index in [1.54, 1.807) is 24.3 Å². The monoisotopic (exact) mass is 485 g/mol. The summed E-state index contributed by atoms with van der Waals surface area (Å²) in [5.41, 5.74) is 1.51. The van der Waals surface area contributed by atoms with Crippen LogP contribution >= 0.6 is 0 Å². The van der Waals surface area contributed by atoms with Crippen LogP contribution in [0.3, 0.4) is 0 Å². The van der Waals surface area contributed by atoms with E-state index < -0.39 is 17.8 Å². The lowest BCUT2D eigenvalue weighted by Crippen LogP contribution is -2.36. The second kappa shape index (κ2) is 10.3. The van der Waals surface area contributed by atoms with Crippen molar-refractivity contribution >= 4 is 39.9 Å². The van der Waals surface area contributed by atoms with Crippen LogP contribution in [0.1, 0.15) is 30.5 Å². The highest BCUT2D eigenvalue weighted by Gasteiger charge is 2.30. The number of hydrogen-bond donors (Lipinski definition) is 3. The Bertz CT molecular complexity index is 1240. The van der Waals surface area contributed by atoms with Gasteiger partial charge in [0.2, 0.25) is 5.91 Å². The van der Waals surface area contributed by atoms with Crippen LogP contribution in [0, 0.1) is 6.92 Å². The van der Waals surface area contributed by atoms with Crippen LogP contribution in [0.15, 0.2) is 48.5 Å². The number of urea groups is 1. The Morgan fingerprint density at radius 3 is 2.37 bits per heavy atom. The van der Waals surface area contributed by atoms with Gasteiger partial charge in [-0.15, -0.1) is 0 Å². The van der Waals surface area contributed by atoms with Gasteiger partial charge in [-0.1, -0.05) is 12.5 Å². The molecule has 1 fully saturated rings. The number of aryl methyl sites for hydroxylation is 1. The second-order valence-corrected chi connectivity index (χ2v) is 8.59. The van der Waals surface area contributed by atoms with E-state index in [1.807, 2.05) is 6.92 Å². The number of rotatable bonds is 5. The maximum atomic E-state index is 12.9. The van der Waals surface area contributed by atoms with Gasteiger partial charge < -0.3 is 16.0 Å². The molecule has 0 spiro atoms. The number of alkyl halides is 3. The van der Waals surface area contributed by atoms with Crippen molar-refractivity contribution in [3.8, 4) is 0 Å². The molecule has 2 aromatic carbocycles. The zero-order valence-electron chi connectivity index (χ0n) is 19.2. The standard InChI is InChI=1S/C25H26F3N5O2/c1-16-12-22(32-23(34)15-33-10-3-2-4-11-33)20-14-19(8-9-21(20)29-16)31-24(35)30-18-7-5-6-17(13-18)25(26,27)28/h5-9,12-14H,2-4,10-11,15H2,1H3,(H,29,32,34)(H2,30,31,35). The summed E-state index contributed by atoms with van der Waals surface area (Å²) >= 11 is 0. The molecule has 4 rings (SSSR count). The molecule has 0 aliphatic carbocycles. The molecular formula is C25H26F3N5O2. The number of carbonyl (C=O) groups is 2. The molecule has 1 aliphatic rings. The Hall–Kier alpha value is -3.66. The Balaban J connectivity index is 1.48. The molecule has 3 amide bonds. The second-order valence-electron chi connectivity index (χ2n) is 8.59. The van der Waals surface area contributed by atoms with E-state index in [0.717, 1.165) is 43.8 Å². The molecule has 1 aromatic heterocycles. The quantitative estimate of drug-likeness (QED) is 0.437. The molecule has 10 heteroatoms. The lowest BCUT2D eigenvalue weighted by atomic mass is 10.1. The van der Waals surface area contributed by atoms with E-state index >= 15 is 0 Å². The first-order chi connectivity index (χ1) is 16.7. The average Bonchev–Trinajstić information content (AvgIpc) is 2.79. The Morgan fingerprint density at radius 1 is 0.943 bits per heavy atom. The van der Waals surface area contributed by atoms with Gasteiger partial charge in [-0.25, -0.2) is 4.79 Å². The van der Waals surface area contributed by atoms with E-state index in [-0.39, 0.29) is 11.6 Å². The minimum Gasteiger partial charge on any atom is -0.324 e. The first-order valence-corrected chi connectivity index (χ1v) is 11.4. The van der Waals surface area contributed by atoms with E-state index in [4.69, 9.17) is 0 Å². The van der Waals surface area contributed by atoms with Crippen LogP contribution < -0.4 is 16.0 Å². The molecule has 7 nitrogen and oxygen atoms in total. The number of aromatic nitrogens is 1. The number of hydrogen-bond acceptors (Lipinski definition) is 4. The molecule has 3 N–H and O–H groups in total. The number of halogens is 3. The van der Waals surface area contributed by atoms with Gasteiger partial charge in [0.25, 0.3) is 0 Å².